The summed E-state index contributed by atoms with van der Waals surface area (Å²) in [6.45, 7) is 4.98. The zero-order valence-electron chi connectivity index (χ0n) is 12.2. The van der Waals surface area contributed by atoms with Gasteiger partial charge in [0.25, 0.3) is 0 Å². The van der Waals surface area contributed by atoms with Gasteiger partial charge in [0.05, 0.1) is 6.54 Å². The van der Waals surface area contributed by atoms with Crippen molar-refractivity contribution in [2.75, 3.05) is 5.32 Å². The molecule has 0 saturated heterocycles. The average Bonchev–Trinajstić information content (AvgIpc) is 2.93. The van der Waals surface area contributed by atoms with Crippen molar-refractivity contribution in [1.29, 1.82) is 0 Å². The lowest BCUT2D eigenvalue weighted by atomic mass is 10.1. The Morgan fingerprint density at radius 3 is 3.00 bits per heavy atom. The molecule has 2 rings (SSSR count). The molecule has 0 bridgehead atoms. The Kier molecular flexibility index (Phi) is 4.89. The number of benzene rings is 1. The van der Waals surface area contributed by atoms with E-state index in [2.05, 4.69) is 20.8 Å². The second-order valence-corrected chi connectivity index (χ2v) is 4.75. The summed E-state index contributed by atoms with van der Waals surface area (Å²) in [6, 6.07) is 7.11. The Labute approximate surface area is 123 Å². The van der Waals surface area contributed by atoms with Crippen LogP contribution in [0.3, 0.4) is 0 Å². The molecule has 1 unspecified atom stereocenters. The summed E-state index contributed by atoms with van der Waals surface area (Å²) in [5.74, 6) is 0.719. The Bertz CT molecular complexity index is 607. The number of nitrogens with one attached hydrogen (secondary N) is 2. The molecule has 0 radical (unpaired) electrons. The van der Waals surface area contributed by atoms with E-state index >= 15 is 0 Å². The SMILES string of the molecule is CCn1cnnc1CNC(=O)Nc1cccc(C(C)N)c1. The fourth-order valence-electron chi connectivity index (χ4n) is 1.91. The third kappa shape index (κ3) is 4.03. The summed E-state index contributed by atoms with van der Waals surface area (Å²) in [4.78, 5) is 11.9. The van der Waals surface area contributed by atoms with Gasteiger partial charge in [0.2, 0.25) is 0 Å². The first-order valence-electron chi connectivity index (χ1n) is 6.87. The lowest BCUT2D eigenvalue weighted by Crippen LogP contribution is -2.29. The first kappa shape index (κ1) is 15.0. The number of amides is 2. The Hall–Kier alpha value is -2.41. The third-order valence-corrected chi connectivity index (χ3v) is 3.11. The number of hydrogen-bond acceptors (Lipinski definition) is 4. The molecule has 112 valence electrons. The Balaban J connectivity index is 1.91. The van der Waals surface area contributed by atoms with Crippen LogP contribution in [0.2, 0.25) is 0 Å². The summed E-state index contributed by atoms with van der Waals surface area (Å²) in [5.41, 5.74) is 7.50. The summed E-state index contributed by atoms with van der Waals surface area (Å²) in [7, 11) is 0. The van der Waals surface area contributed by atoms with Gasteiger partial charge in [-0.3, -0.25) is 0 Å². The number of nitrogens with zero attached hydrogens (tertiary/aromatic N) is 3. The predicted molar refractivity (Wildman–Crippen MR) is 80.6 cm³/mol. The summed E-state index contributed by atoms with van der Waals surface area (Å²) in [5, 5.41) is 13.3. The molecule has 0 fully saturated rings. The molecule has 0 saturated carbocycles. The second kappa shape index (κ2) is 6.85. The maximum atomic E-state index is 11.9. The minimum Gasteiger partial charge on any atom is -0.331 e. The van der Waals surface area contributed by atoms with Crippen molar-refractivity contribution in [2.24, 2.45) is 5.73 Å². The highest BCUT2D eigenvalue weighted by Gasteiger charge is 2.07. The van der Waals surface area contributed by atoms with Crippen LogP contribution in [-0.4, -0.2) is 20.8 Å². The van der Waals surface area contributed by atoms with Crippen molar-refractivity contribution >= 4 is 11.7 Å². The van der Waals surface area contributed by atoms with Crippen LogP contribution in [0.5, 0.6) is 0 Å². The zero-order valence-corrected chi connectivity index (χ0v) is 12.2. The standard InChI is InChI=1S/C14H20N6O/c1-3-20-9-17-19-13(20)8-16-14(21)18-12-6-4-5-11(7-12)10(2)15/h4-7,9-10H,3,8,15H2,1-2H3,(H2,16,18,21). The summed E-state index contributed by atoms with van der Waals surface area (Å²) in [6.07, 6.45) is 1.64. The van der Waals surface area contributed by atoms with Gasteiger partial charge in [0.15, 0.2) is 5.82 Å². The molecule has 0 spiro atoms. The number of aromatic nitrogens is 3. The van der Waals surface area contributed by atoms with Gasteiger partial charge in [0.1, 0.15) is 6.33 Å². The van der Waals surface area contributed by atoms with Crippen LogP contribution >= 0.6 is 0 Å². The van der Waals surface area contributed by atoms with E-state index in [1.54, 1.807) is 6.33 Å². The molecule has 1 aromatic carbocycles. The lowest BCUT2D eigenvalue weighted by Gasteiger charge is -2.10. The van der Waals surface area contributed by atoms with Gasteiger partial charge in [-0.05, 0) is 31.5 Å². The molecule has 7 nitrogen and oxygen atoms in total. The number of nitrogens with two attached hydrogens (primary N) is 1. The van der Waals surface area contributed by atoms with Gasteiger partial charge in [-0.25, -0.2) is 4.79 Å². The largest absolute Gasteiger partial charge is 0.331 e. The highest BCUT2D eigenvalue weighted by Crippen LogP contribution is 2.15. The van der Waals surface area contributed by atoms with Gasteiger partial charge in [-0.1, -0.05) is 12.1 Å². The number of rotatable bonds is 5. The maximum absolute atomic E-state index is 11.9. The lowest BCUT2D eigenvalue weighted by molar-refractivity contribution is 0.251. The van der Waals surface area contributed by atoms with Crippen LogP contribution in [0.4, 0.5) is 10.5 Å². The summed E-state index contributed by atoms with van der Waals surface area (Å²) >= 11 is 0. The van der Waals surface area contributed by atoms with Crippen molar-refractivity contribution < 1.29 is 4.79 Å². The molecule has 1 heterocycles. The Morgan fingerprint density at radius 1 is 1.48 bits per heavy atom. The second-order valence-electron chi connectivity index (χ2n) is 4.75. The van der Waals surface area contributed by atoms with E-state index in [0.717, 1.165) is 17.9 Å². The monoisotopic (exact) mass is 288 g/mol. The topological polar surface area (TPSA) is 97.9 Å². The first-order chi connectivity index (χ1) is 10.1. The maximum Gasteiger partial charge on any atom is 0.319 e. The fourth-order valence-corrected chi connectivity index (χ4v) is 1.91. The van der Waals surface area contributed by atoms with Gasteiger partial charge in [-0.15, -0.1) is 10.2 Å². The molecule has 2 amide bonds. The van der Waals surface area contributed by atoms with Crippen molar-refractivity contribution in [3.05, 3.63) is 42.0 Å². The van der Waals surface area contributed by atoms with Crippen LogP contribution < -0.4 is 16.4 Å². The van der Waals surface area contributed by atoms with Crippen molar-refractivity contribution in [2.45, 2.75) is 33.0 Å². The van der Waals surface area contributed by atoms with E-state index in [0.29, 0.717) is 12.2 Å². The van der Waals surface area contributed by atoms with E-state index < -0.39 is 0 Å². The van der Waals surface area contributed by atoms with Crippen LogP contribution in [0, 0.1) is 0 Å². The minimum atomic E-state index is -0.289. The molecule has 2 aromatic rings. The molecular formula is C14H20N6O. The van der Waals surface area contributed by atoms with E-state index in [9.17, 15) is 4.79 Å². The number of carbonyl (C=O) groups is 1. The summed E-state index contributed by atoms with van der Waals surface area (Å²) < 4.78 is 1.87. The molecule has 0 aliphatic rings. The van der Waals surface area contributed by atoms with Crippen molar-refractivity contribution in [1.82, 2.24) is 20.1 Å². The molecule has 7 heteroatoms. The van der Waals surface area contributed by atoms with Gasteiger partial charge in [-0.2, -0.15) is 0 Å². The average molecular weight is 288 g/mol. The van der Waals surface area contributed by atoms with Crippen molar-refractivity contribution in [3.63, 3.8) is 0 Å². The molecule has 0 aliphatic carbocycles. The van der Waals surface area contributed by atoms with E-state index in [1.165, 1.54) is 0 Å². The smallest absolute Gasteiger partial charge is 0.319 e. The highest BCUT2D eigenvalue weighted by atomic mass is 16.2. The number of urea groups is 1. The van der Waals surface area contributed by atoms with Crippen LogP contribution in [0.1, 0.15) is 31.3 Å². The van der Waals surface area contributed by atoms with Crippen LogP contribution in [0.25, 0.3) is 0 Å². The van der Waals surface area contributed by atoms with E-state index in [4.69, 9.17) is 5.73 Å². The minimum absolute atomic E-state index is 0.0714. The molecule has 1 atom stereocenters. The number of hydrogen-bond donors (Lipinski definition) is 3. The molecule has 0 aliphatic heterocycles. The van der Waals surface area contributed by atoms with Crippen LogP contribution in [-0.2, 0) is 13.1 Å². The van der Waals surface area contributed by atoms with Crippen LogP contribution in [0.15, 0.2) is 30.6 Å². The quantitative estimate of drug-likeness (QED) is 0.779. The van der Waals surface area contributed by atoms with E-state index in [-0.39, 0.29) is 12.1 Å². The van der Waals surface area contributed by atoms with Gasteiger partial charge < -0.3 is 20.9 Å². The molecule has 1 aromatic heterocycles. The normalized spacial score (nSPS) is 12.0. The molecule has 4 N–H and O–H groups in total. The highest BCUT2D eigenvalue weighted by molar-refractivity contribution is 5.89. The van der Waals surface area contributed by atoms with Gasteiger partial charge in [0, 0.05) is 18.3 Å². The first-order valence-corrected chi connectivity index (χ1v) is 6.87. The zero-order chi connectivity index (χ0) is 15.2. The third-order valence-electron chi connectivity index (χ3n) is 3.11. The number of carbonyl (C=O) groups excluding carboxylic acids is 1. The number of aryl methyl sites for hydroxylation is 1. The van der Waals surface area contributed by atoms with Gasteiger partial charge >= 0.3 is 6.03 Å². The molecule has 21 heavy (non-hydrogen) atoms. The predicted octanol–water partition coefficient (Wildman–Crippen LogP) is 1.64. The Morgan fingerprint density at radius 2 is 2.29 bits per heavy atom. The number of anilines is 1. The van der Waals surface area contributed by atoms with E-state index in [1.807, 2.05) is 42.7 Å². The molecular weight excluding hydrogens is 268 g/mol. The fraction of sp³-hybridized carbons (Fsp3) is 0.357. The van der Waals surface area contributed by atoms with Crippen molar-refractivity contribution in [3.8, 4) is 0 Å².